The van der Waals surface area contributed by atoms with Gasteiger partial charge in [0.25, 0.3) is 5.56 Å². The van der Waals surface area contributed by atoms with Crippen molar-refractivity contribution in [1.82, 2.24) is 19.3 Å². The third kappa shape index (κ3) is 4.45. The largest absolute Gasteiger partial charge is 0.480 e. The molecule has 1 fully saturated rings. The van der Waals surface area contributed by atoms with E-state index in [4.69, 9.17) is 16.6 Å². The molecule has 0 spiro atoms. The average molecular weight is 444 g/mol. The van der Waals surface area contributed by atoms with Crippen LogP contribution in [0.2, 0.25) is 5.02 Å². The fraction of sp³-hybridized carbons (Fsp3) is 0.409. The van der Waals surface area contributed by atoms with Crippen molar-refractivity contribution < 1.29 is 9.90 Å². The molecule has 0 bridgehead atoms. The van der Waals surface area contributed by atoms with Crippen LogP contribution < -0.4 is 15.8 Å². The molecule has 1 unspecified atom stereocenters. The van der Waals surface area contributed by atoms with Gasteiger partial charge < -0.3 is 15.3 Å². The van der Waals surface area contributed by atoms with E-state index in [1.807, 2.05) is 21.6 Å². The number of carboxylic acid groups (broad SMARTS) is 1. The highest BCUT2D eigenvalue weighted by Crippen LogP contribution is 2.24. The lowest BCUT2D eigenvalue weighted by Gasteiger charge is -2.34. The van der Waals surface area contributed by atoms with Crippen molar-refractivity contribution in [3.63, 3.8) is 0 Å². The highest BCUT2D eigenvalue weighted by molar-refractivity contribution is 6.30. The standard InChI is InChI=1S/C22H26ClN5O3/c1-2-3-4-10-27-19(26-11-9-24-18(13-26)21(30)31)12-20(29)28-14-17(25-22(27)28)15-5-7-16(23)8-6-15/h5-8,12,14,18,24H,2-4,9-11,13H2,1H3,(H,30,31). The van der Waals surface area contributed by atoms with Gasteiger partial charge in [0.1, 0.15) is 11.9 Å². The molecule has 1 aliphatic heterocycles. The molecular formula is C22H26ClN5O3. The van der Waals surface area contributed by atoms with Crippen LogP contribution in [0.5, 0.6) is 0 Å². The number of carboxylic acids is 1. The van der Waals surface area contributed by atoms with Crippen molar-refractivity contribution in [2.75, 3.05) is 24.5 Å². The Morgan fingerprint density at radius 2 is 2.06 bits per heavy atom. The summed E-state index contributed by atoms with van der Waals surface area (Å²) in [6, 6.07) is 8.28. The summed E-state index contributed by atoms with van der Waals surface area (Å²) in [6.45, 7) is 4.30. The Morgan fingerprint density at radius 1 is 1.29 bits per heavy atom. The van der Waals surface area contributed by atoms with Crippen molar-refractivity contribution in [1.29, 1.82) is 0 Å². The average Bonchev–Trinajstić information content (AvgIpc) is 3.22. The minimum Gasteiger partial charge on any atom is -0.480 e. The predicted molar refractivity (Wildman–Crippen MR) is 121 cm³/mol. The lowest BCUT2D eigenvalue weighted by atomic mass is 10.2. The molecule has 3 heterocycles. The Morgan fingerprint density at radius 3 is 2.77 bits per heavy atom. The maximum atomic E-state index is 13.0. The van der Waals surface area contributed by atoms with Gasteiger partial charge >= 0.3 is 5.97 Å². The second-order valence-corrected chi connectivity index (χ2v) is 8.23. The summed E-state index contributed by atoms with van der Waals surface area (Å²) in [4.78, 5) is 31.2. The topological polar surface area (TPSA) is 91.9 Å². The van der Waals surface area contributed by atoms with Gasteiger partial charge in [0, 0.05) is 49.0 Å². The molecular weight excluding hydrogens is 418 g/mol. The maximum Gasteiger partial charge on any atom is 0.322 e. The molecule has 1 atom stereocenters. The van der Waals surface area contributed by atoms with Crippen molar-refractivity contribution in [2.45, 2.75) is 38.8 Å². The van der Waals surface area contributed by atoms with Gasteiger partial charge in [-0.3, -0.25) is 18.6 Å². The van der Waals surface area contributed by atoms with Gasteiger partial charge in [0.15, 0.2) is 0 Å². The lowest BCUT2D eigenvalue weighted by Crippen LogP contribution is -2.55. The van der Waals surface area contributed by atoms with E-state index in [1.165, 1.54) is 0 Å². The third-order valence-corrected chi connectivity index (χ3v) is 5.87. The lowest BCUT2D eigenvalue weighted by molar-refractivity contribution is -0.139. The molecule has 0 aliphatic carbocycles. The Hall–Kier alpha value is -2.84. The summed E-state index contributed by atoms with van der Waals surface area (Å²) in [6.07, 6.45) is 4.82. The smallest absolute Gasteiger partial charge is 0.322 e. The van der Waals surface area contributed by atoms with E-state index in [0.29, 0.717) is 42.7 Å². The first-order chi connectivity index (χ1) is 15.0. The molecule has 0 saturated carbocycles. The van der Waals surface area contributed by atoms with Crippen molar-refractivity contribution in [3.05, 3.63) is 51.9 Å². The summed E-state index contributed by atoms with van der Waals surface area (Å²) in [5, 5.41) is 13.1. The van der Waals surface area contributed by atoms with Crippen LogP contribution in [-0.4, -0.2) is 50.7 Å². The molecule has 1 saturated heterocycles. The normalized spacial score (nSPS) is 16.7. The van der Waals surface area contributed by atoms with Crippen molar-refractivity contribution in [2.24, 2.45) is 0 Å². The van der Waals surface area contributed by atoms with Crippen LogP contribution in [0.4, 0.5) is 5.82 Å². The van der Waals surface area contributed by atoms with E-state index in [2.05, 4.69) is 12.2 Å². The number of carbonyl (C=O) groups is 1. The van der Waals surface area contributed by atoms with Crippen LogP contribution in [0.25, 0.3) is 17.0 Å². The first-order valence-electron chi connectivity index (χ1n) is 10.6. The highest BCUT2D eigenvalue weighted by Gasteiger charge is 2.27. The fourth-order valence-corrected chi connectivity index (χ4v) is 4.09. The number of aromatic nitrogens is 3. The maximum absolute atomic E-state index is 13.0. The van der Waals surface area contributed by atoms with E-state index < -0.39 is 12.0 Å². The van der Waals surface area contributed by atoms with Gasteiger partial charge in [-0.1, -0.05) is 43.5 Å². The van der Waals surface area contributed by atoms with Gasteiger partial charge in [-0.05, 0) is 18.6 Å². The molecule has 8 nitrogen and oxygen atoms in total. The number of aliphatic carboxylic acids is 1. The number of hydrogen-bond donors (Lipinski definition) is 2. The molecule has 4 rings (SSSR count). The number of rotatable bonds is 7. The first-order valence-corrected chi connectivity index (χ1v) is 11.0. The minimum absolute atomic E-state index is 0.185. The van der Waals surface area contributed by atoms with Crippen molar-refractivity contribution >= 4 is 29.2 Å². The van der Waals surface area contributed by atoms with Gasteiger partial charge in [-0.15, -0.1) is 0 Å². The fourth-order valence-electron chi connectivity index (χ4n) is 3.96. The van der Waals surface area contributed by atoms with Crippen LogP contribution in [0, 0.1) is 0 Å². The van der Waals surface area contributed by atoms with E-state index in [-0.39, 0.29) is 5.56 Å². The Labute approximate surface area is 185 Å². The zero-order chi connectivity index (χ0) is 22.0. The van der Waals surface area contributed by atoms with Gasteiger partial charge in [-0.25, -0.2) is 4.98 Å². The van der Waals surface area contributed by atoms with Crippen LogP contribution in [0.3, 0.4) is 0 Å². The second-order valence-electron chi connectivity index (χ2n) is 7.79. The monoisotopic (exact) mass is 443 g/mol. The predicted octanol–water partition coefficient (Wildman–Crippen LogP) is 2.87. The summed E-state index contributed by atoms with van der Waals surface area (Å²) in [5.41, 5.74) is 1.39. The summed E-state index contributed by atoms with van der Waals surface area (Å²) in [7, 11) is 0. The third-order valence-electron chi connectivity index (χ3n) is 5.62. The Kier molecular flexibility index (Phi) is 6.29. The minimum atomic E-state index is -0.892. The molecule has 2 aromatic heterocycles. The zero-order valence-electron chi connectivity index (χ0n) is 17.4. The van der Waals surface area contributed by atoms with E-state index in [1.54, 1.807) is 28.8 Å². The SMILES string of the molecule is CCCCCn1c(N2CCNC(C(=O)O)C2)cc(=O)n2cc(-c3ccc(Cl)cc3)nc12. The molecule has 3 aromatic rings. The van der Waals surface area contributed by atoms with Crippen LogP contribution in [0.1, 0.15) is 26.2 Å². The summed E-state index contributed by atoms with van der Waals surface area (Å²) >= 11 is 6.01. The molecule has 1 aliphatic rings. The van der Waals surface area contributed by atoms with Crippen LogP contribution in [0.15, 0.2) is 41.3 Å². The number of imidazole rings is 1. The number of anilines is 1. The zero-order valence-corrected chi connectivity index (χ0v) is 18.2. The molecule has 1 aromatic carbocycles. The number of fused-ring (bicyclic) bond motifs is 1. The Balaban J connectivity index is 1.81. The highest BCUT2D eigenvalue weighted by atomic mass is 35.5. The number of aryl methyl sites for hydroxylation is 1. The second kappa shape index (κ2) is 9.11. The first kappa shape index (κ1) is 21.4. The number of hydrogen-bond acceptors (Lipinski definition) is 5. The summed E-state index contributed by atoms with van der Waals surface area (Å²) < 4.78 is 3.61. The molecule has 0 radical (unpaired) electrons. The number of nitrogens with one attached hydrogen (secondary N) is 1. The number of piperazine rings is 1. The molecule has 2 N–H and O–H groups in total. The number of halogens is 1. The van der Waals surface area contributed by atoms with Crippen LogP contribution >= 0.6 is 11.6 Å². The van der Waals surface area contributed by atoms with Crippen LogP contribution in [-0.2, 0) is 11.3 Å². The Bertz CT molecular complexity index is 1140. The van der Waals surface area contributed by atoms with E-state index in [0.717, 1.165) is 30.6 Å². The molecule has 0 amide bonds. The van der Waals surface area contributed by atoms with Gasteiger partial charge in [0.2, 0.25) is 5.78 Å². The molecule has 9 heteroatoms. The number of unbranched alkanes of at least 4 members (excludes halogenated alkanes) is 2. The van der Waals surface area contributed by atoms with Crippen molar-refractivity contribution in [3.8, 4) is 11.3 Å². The summed E-state index contributed by atoms with van der Waals surface area (Å²) in [5.74, 6) is 0.389. The number of nitrogens with zero attached hydrogens (tertiary/aromatic N) is 4. The van der Waals surface area contributed by atoms with Gasteiger partial charge in [-0.2, -0.15) is 0 Å². The number of benzene rings is 1. The van der Waals surface area contributed by atoms with Gasteiger partial charge in [0.05, 0.1) is 5.69 Å². The van der Waals surface area contributed by atoms with E-state index in [9.17, 15) is 14.7 Å². The quantitative estimate of drug-likeness (QED) is 0.545. The molecule has 31 heavy (non-hydrogen) atoms. The van der Waals surface area contributed by atoms with E-state index >= 15 is 0 Å². The molecule has 164 valence electrons.